The van der Waals surface area contributed by atoms with Gasteiger partial charge in [0.2, 0.25) is 5.91 Å². The monoisotopic (exact) mass is 308 g/mol. The normalized spacial score (nSPS) is 16.7. The van der Waals surface area contributed by atoms with Crippen LogP contribution in [0.1, 0.15) is 18.7 Å². The maximum absolute atomic E-state index is 12.2. The molecule has 0 spiro atoms. The molecule has 3 amide bonds. The molecule has 1 atom stereocenters. The zero-order valence-corrected chi connectivity index (χ0v) is 13.4. The molecular formula is C15H24N4O3. The van der Waals surface area contributed by atoms with Crippen molar-refractivity contribution in [3.05, 3.63) is 24.2 Å². The highest BCUT2D eigenvalue weighted by Gasteiger charge is 2.24. The Labute approximate surface area is 130 Å². The van der Waals surface area contributed by atoms with Gasteiger partial charge in [-0.25, -0.2) is 4.79 Å². The van der Waals surface area contributed by atoms with Gasteiger partial charge in [0.05, 0.1) is 12.3 Å². The van der Waals surface area contributed by atoms with Gasteiger partial charge >= 0.3 is 6.03 Å². The Morgan fingerprint density at radius 1 is 1.27 bits per heavy atom. The number of hydrogen-bond donors (Lipinski definition) is 1. The highest BCUT2D eigenvalue weighted by atomic mass is 16.3. The van der Waals surface area contributed by atoms with Crippen LogP contribution in [0.4, 0.5) is 4.79 Å². The van der Waals surface area contributed by atoms with Gasteiger partial charge in [0.15, 0.2) is 0 Å². The van der Waals surface area contributed by atoms with Crippen LogP contribution < -0.4 is 5.32 Å². The molecule has 1 aliphatic heterocycles. The third kappa shape index (κ3) is 4.00. The van der Waals surface area contributed by atoms with Crippen LogP contribution in [0, 0.1) is 0 Å². The Balaban J connectivity index is 1.83. The van der Waals surface area contributed by atoms with Gasteiger partial charge in [-0.2, -0.15) is 0 Å². The highest BCUT2D eigenvalue weighted by molar-refractivity contribution is 5.76. The summed E-state index contributed by atoms with van der Waals surface area (Å²) in [6.45, 7) is 4.36. The number of nitrogens with one attached hydrogen (secondary N) is 1. The molecule has 1 fully saturated rings. The average molecular weight is 308 g/mol. The maximum Gasteiger partial charge on any atom is 0.317 e. The van der Waals surface area contributed by atoms with Gasteiger partial charge in [-0.05, 0) is 26.2 Å². The van der Waals surface area contributed by atoms with Crippen LogP contribution in [0.25, 0.3) is 0 Å². The lowest BCUT2D eigenvalue weighted by Crippen LogP contribution is -2.53. The highest BCUT2D eigenvalue weighted by Crippen LogP contribution is 2.17. The van der Waals surface area contributed by atoms with E-state index < -0.39 is 0 Å². The summed E-state index contributed by atoms with van der Waals surface area (Å²) in [6, 6.07) is 3.65. The number of rotatable bonds is 4. The zero-order valence-electron chi connectivity index (χ0n) is 13.4. The molecule has 1 aliphatic rings. The molecule has 7 nitrogen and oxygen atoms in total. The molecule has 7 heteroatoms. The first-order valence-electron chi connectivity index (χ1n) is 7.47. The molecule has 0 bridgehead atoms. The topological polar surface area (TPSA) is 69.0 Å². The quantitative estimate of drug-likeness (QED) is 0.891. The Bertz CT molecular complexity index is 493. The molecule has 1 unspecified atom stereocenters. The number of amides is 3. The lowest BCUT2D eigenvalue weighted by Gasteiger charge is -2.34. The molecule has 2 heterocycles. The van der Waals surface area contributed by atoms with Crippen LogP contribution in [0.3, 0.4) is 0 Å². The van der Waals surface area contributed by atoms with Gasteiger partial charge in [0.25, 0.3) is 0 Å². The van der Waals surface area contributed by atoms with E-state index in [1.54, 1.807) is 23.0 Å². The van der Waals surface area contributed by atoms with Crippen molar-refractivity contribution in [1.82, 2.24) is 20.0 Å². The number of urea groups is 1. The first-order chi connectivity index (χ1) is 10.5. The fourth-order valence-electron chi connectivity index (χ4n) is 2.54. The molecular weight excluding hydrogens is 284 g/mol. The maximum atomic E-state index is 12.2. The predicted molar refractivity (Wildman–Crippen MR) is 82.4 cm³/mol. The summed E-state index contributed by atoms with van der Waals surface area (Å²) in [5.74, 6) is 0.886. The largest absolute Gasteiger partial charge is 0.468 e. The molecule has 2 rings (SSSR count). The number of nitrogens with zero attached hydrogens (tertiary/aromatic N) is 3. The molecule has 0 aliphatic carbocycles. The molecule has 22 heavy (non-hydrogen) atoms. The van der Waals surface area contributed by atoms with Gasteiger partial charge in [0.1, 0.15) is 5.76 Å². The molecule has 0 aromatic carbocycles. The van der Waals surface area contributed by atoms with Gasteiger partial charge in [-0.3, -0.25) is 9.69 Å². The lowest BCUT2D eigenvalue weighted by molar-refractivity contribution is -0.130. The number of hydrogen-bond acceptors (Lipinski definition) is 4. The third-order valence-corrected chi connectivity index (χ3v) is 3.95. The lowest BCUT2D eigenvalue weighted by atomic mass is 10.2. The summed E-state index contributed by atoms with van der Waals surface area (Å²) >= 11 is 0. The van der Waals surface area contributed by atoms with Crippen LogP contribution >= 0.6 is 0 Å². The Hall–Kier alpha value is -2.02. The second-order valence-electron chi connectivity index (χ2n) is 5.67. The molecule has 122 valence electrons. The molecule has 0 radical (unpaired) electrons. The number of likely N-dealkylation sites (N-methyl/N-ethyl adjacent to an activating group) is 1. The van der Waals surface area contributed by atoms with E-state index in [1.807, 2.05) is 31.1 Å². The number of piperazine rings is 1. The van der Waals surface area contributed by atoms with Crippen molar-refractivity contribution < 1.29 is 14.0 Å². The van der Waals surface area contributed by atoms with Crippen molar-refractivity contribution in [2.45, 2.75) is 13.0 Å². The summed E-state index contributed by atoms with van der Waals surface area (Å²) in [5.41, 5.74) is 0. The third-order valence-electron chi connectivity index (χ3n) is 3.95. The van der Waals surface area contributed by atoms with Crippen LogP contribution in [0.2, 0.25) is 0 Å². The van der Waals surface area contributed by atoms with Crippen molar-refractivity contribution in [2.75, 3.05) is 46.8 Å². The minimum atomic E-state index is -0.0957. The molecule has 0 saturated carbocycles. The summed E-state index contributed by atoms with van der Waals surface area (Å²) in [6.07, 6.45) is 1.63. The first kappa shape index (κ1) is 16.4. The van der Waals surface area contributed by atoms with E-state index in [-0.39, 0.29) is 18.0 Å². The predicted octanol–water partition coefficient (Wildman–Crippen LogP) is 0.756. The van der Waals surface area contributed by atoms with Crippen LogP contribution in [-0.2, 0) is 4.79 Å². The molecule has 1 aromatic rings. The van der Waals surface area contributed by atoms with Crippen LogP contribution in [0.5, 0.6) is 0 Å². The minimum absolute atomic E-state index is 0.00235. The molecule has 1 N–H and O–H groups in total. The van der Waals surface area contributed by atoms with Gasteiger partial charge in [-0.15, -0.1) is 0 Å². The Morgan fingerprint density at radius 2 is 1.91 bits per heavy atom. The molecule has 1 aromatic heterocycles. The van der Waals surface area contributed by atoms with Gasteiger partial charge < -0.3 is 19.5 Å². The summed E-state index contributed by atoms with van der Waals surface area (Å²) in [4.78, 5) is 29.0. The van der Waals surface area contributed by atoms with Gasteiger partial charge in [0, 0.05) is 39.6 Å². The zero-order chi connectivity index (χ0) is 16.1. The summed E-state index contributed by atoms with van der Waals surface area (Å²) in [5, 5.41) is 2.95. The van der Waals surface area contributed by atoms with E-state index in [0.717, 1.165) is 5.76 Å². The van der Waals surface area contributed by atoms with Crippen molar-refractivity contribution in [2.24, 2.45) is 0 Å². The van der Waals surface area contributed by atoms with Crippen molar-refractivity contribution in [3.8, 4) is 0 Å². The van der Waals surface area contributed by atoms with E-state index in [0.29, 0.717) is 32.7 Å². The van der Waals surface area contributed by atoms with Crippen LogP contribution in [-0.4, -0.2) is 73.5 Å². The fourth-order valence-corrected chi connectivity index (χ4v) is 2.54. The summed E-state index contributed by atoms with van der Waals surface area (Å²) in [7, 11) is 3.90. The van der Waals surface area contributed by atoms with Crippen molar-refractivity contribution in [3.63, 3.8) is 0 Å². The van der Waals surface area contributed by atoms with E-state index in [4.69, 9.17) is 4.42 Å². The van der Waals surface area contributed by atoms with E-state index in [2.05, 4.69) is 5.32 Å². The van der Waals surface area contributed by atoms with E-state index in [9.17, 15) is 9.59 Å². The second-order valence-corrected chi connectivity index (χ2v) is 5.67. The van der Waals surface area contributed by atoms with Crippen molar-refractivity contribution >= 4 is 11.9 Å². The minimum Gasteiger partial charge on any atom is -0.468 e. The smallest absolute Gasteiger partial charge is 0.317 e. The Kier molecular flexibility index (Phi) is 5.43. The Morgan fingerprint density at radius 3 is 2.41 bits per heavy atom. The van der Waals surface area contributed by atoms with Crippen molar-refractivity contribution in [1.29, 1.82) is 0 Å². The van der Waals surface area contributed by atoms with Gasteiger partial charge in [-0.1, -0.05) is 0 Å². The van der Waals surface area contributed by atoms with Crippen LogP contribution in [0.15, 0.2) is 22.8 Å². The molecule has 1 saturated heterocycles. The second kappa shape index (κ2) is 7.31. The summed E-state index contributed by atoms with van der Waals surface area (Å²) < 4.78 is 5.42. The number of carbonyl (C=O) groups is 2. The van der Waals surface area contributed by atoms with E-state index >= 15 is 0 Å². The average Bonchev–Trinajstić information content (AvgIpc) is 3.01. The first-order valence-corrected chi connectivity index (χ1v) is 7.47. The number of carbonyl (C=O) groups excluding carboxylic acids is 2. The standard InChI is InChI=1S/C15H24N4O3/c1-12(20)18-6-8-19(9-7-18)15(21)16-11-13(17(2)3)14-5-4-10-22-14/h4-5,10,13H,6-9,11H2,1-3H3,(H,16,21). The SMILES string of the molecule is CC(=O)N1CCN(C(=O)NCC(c2ccco2)N(C)C)CC1. The fraction of sp³-hybridized carbons (Fsp3) is 0.600. The van der Waals surface area contributed by atoms with E-state index in [1.165, 1.54) is 0 Å². The number of furan rings is 1.